The number of ketones is 1. The number of Topliss-reactive ketones (excluding diaryl/α,β-unsaturated/α-hetero) is 1. The van der Waals surface area contributed by atoms with Crippen molar-refractivity contribution in [2.75, 3.05) is 0 Å². The summed E-state index contributed by atoms with van der Waals surface area (Å²) in [5.41, 5.74) is 1.93. The quantitative estimate of drug-likeness (QED) is 0.664. The van der Waals surface area contributed by atoms with E-state index in [1.54, 1.807) is 6.92 Å². The summed E-state index contributed by atoms with van der Waals surface area (Å²) in [5.74, 6) is 0.115. The number of benzene rings is 1. The Labute approximate surface area is 91.8 Å². The average Bonchev–Trinajstić information content (AvgIpc) is 2.14. The maximum atomic E-state index is 11.4. The van der Waals surface area contributed by atoms with Gasteiger partial charge in [-0.15, -0.1) is 0 Å². The van der Waals surface area contributed by atoms with Crippen molar-refractivity contribution in [3.05, 3.63) is 41.5 Å². The molecule has 0 aliphatic rings. The van der Waals surface area contributed by atoms with Crippen LogP contribution in [0.2, 0.25) is 0 Å². The van der Waals surface area contributed by atoms with Crippen molar-refractivity contribution < 1.29 is 4.79 Å². The first-order chi connectivity index (χ1) is 6.90. The van der Waals surface area contributed by atoms with E-state index in [-0.39, 0.29) is 11.2 Å². The van der Waals surface area contributed by atoms with Crippen molar-refractivity contribution in [3.63, 3.8) is 0 Å². The third kappa shape index (κ3) is 3.70. The zero-order chi connectivity index (χ0) is 11.5. The van der Waals surface area contributed by atoms with Gasteiger partial charge in [0, 0.05) is 5.56 Å². The highest BCUT2D eigenvalue weighted by Gasteiger charge is 2.06. The molecule has 80 valence electrons. The van der Waals surface area contributed by atoms with Crippen LogP contribution in [0, 0.1) is 5.41 Å². The molecular formula is C14H18O. The van der Waals surface area contributed by atoms with Crippen LogP contribution >= 0.6 is 0 Å². The highest BCUT2D eigenvalue weighted by molar-refractivity contribution is 5.97. The van der Waals surface area contributed by atoms with Crippen LogP contribution in [0.5, 0.6) is 0 Å². The molecule has 0 unspecified atom stereocenters. The number of carbonyl (C=O) groups excluding carboxylic acids is 1. The molecule has 0 N–H and O–H groups in total. The summed E-state index contributed by atoms with van der Waals surface area (Å²) in [4.78, 5) is 11.4. The molecule has 1 nitrogen and oxygen atoms in total. The first kappa shape index (κ1) is 11.7. The molecule has 1 rings (SSSR count). The van der Waals surface area contributed by atoms with Crippen LogP contribution in [0.25, 0.3) is 6.08 Å². The van der Waals surface area contributed by atoms with Crippen LogP contribution in [-0.4, -0.2) is 5.78 Å². The topological polar surface area (TPSA) is 17.1 Å². The molecule has 0 atom stereocenters. The first-order valence-corrected chi connectivity index (χ1v) is 5.19. The molecule has 0 bridgehead atoms. The van der Waals surface area contributed by atoms with Crippen LogP contribution in [0.15, 0.2) is 30.3 Å². The number of hydrogen-bond acceptors (Lipinski definition) is 1. The molecule has 1 heteroatoms. The summed E-state index contributed by atoms with van der Waals surface area (Å²) < 4.78 is 0. The van der Waals surface area contributed by atoms with Gasteiger partial charge in [-0.25, -0.2) is 0 Å². The Morgan fingerprint density at radius 1 is 1.20 bits per heavy atom. The normalized spacial score (nSPS) is 12.0. The predicted molar refractivity (Wildman–Crippen MR) is 64.9 cm³/mol. The van der Waals surface area contributed by atoms with Gasteiger partial charge in [-0.3, -0.25) is 4.79 Å². The van der Waals surface area contributed by atoms with Crippen LogP contribution < -0.4 is 0 Å². The second kappa shape index (κ2) is 4.43. The lowest BCUT2D eigenvalue weighted by molar-refractivity contribution is 0.101. The van der Waals surface area contributed by atoms with Crippen LogP contribution in [0.3, 0.4) is 0 Å². The van der Waals surface area contributed by atoms with Crippen LogP contribution in [0.1, 0.15) is 43.6 Å². The second-order valence-corrected chi connectivity index (χ2v) is 4.84. The highest BCUT2D eigenvalue weighted by Crippen LogP contribution is 2.19. The van der Waals surface area contributed by atoms with E-state index in [1.165, 1.54) is 0 Å². The fraction of sp³-hybridized carbons (Fsp3) is 0.357. The van der Waals surface area contributed by atoms with Gasteiger partial charge in [0.2, 0.25) is 0 Å². The van der Waals surface area contributed by atoms with Gasteiger partial charge in [-0.2, -0.15) is 0 Å². The maximum Gasteiger partial charge on any atom is 0.160 e. The fourth-order valence-corrected chi connectivity index (χ4v) is 1.30. The Balaban J connectivity index is 3.05. The molecule has 0 amide bonds. The van der Waals surface area contributed by atoms with E-state index in [9.17, 15) is 4.79 Å². The molecule has 0 saturated carbocycles. The summed E-state index contributed by atoms with van der Waals surface area (Å²) in [5, 5.41) is 0. The Bertz CT molecular complexity index is 381. The van der Waals surface area contributed by atoms with Gasteiger partial charge >= 0.3 is 0 Å². The van der Waals surface area contributed by atoms with Gasteiger partial charge in [-0.1, -0.05) is 57.2 Å². The Kier molecular flexibility index (Phi) is 3.46. The largest absolute Gasteiger partial charge is 0.294 e. The third-order valence-corrected chi connectivity index (χ3v) is 2.10. The predicted octanol–water partition coefficient (Wildman–Crippen LogP) is 3.95. The number of carbonyl (C=O) groups is 1. The Morgan fingerprint density at radius 2 is 1.80 bits per heavy atom. The monoisotopic (exact) mass is 202 g/mol. The van der Waals surface area contributed by atoms with Crippen molar-refractivity contribution in [1.29, 1.82) is 0 Å². The number of allylic oxidation sites excluding steroid dienone is 1. The molecule has 0 aliphatic carbocycles. The average molecular weight is 202 g/mol. The van der Waals surface area contributed by atoms with Crippen molar-refractivity contribution in [2.45, 2.75) is 27.7 Å². The maximum absolute atomic E-state index is 11.4. The minimum Gasteiger partial charge on any atom is -0.294 e. The zero-order valence-electron chi connectivity index (χ0n) is 9.87. The van der Waals surface area contributed by atoms with E-state index in [4.69, 9.17) is 0 Å². The van der Waals surface area contributed by atoms with E-state index in [2.05, 4.69) is 26.8 Å². The van der Waals surface area contributed by atoms with Crippen molar-refractivity contribution >= 4 is 11.9 Å². The molecule has 0 spiro atoms. The second-order valence-electron chi connectivity index (χ2n) is 4.84. The van der Waals surface area contributed by atoms with Crippen molar-refractivity contribution in [3.8, 4) is 0 Å². The smallest absolute Gasteiger partial charge is 0.160 e. The van der Waals surface area contributed by atoms with Gasteiger partial charge in [0.1, 0.15) is 0 Å². The summed E-state index contributed by atoms with van der Waals surface area (Å²) in [6.07, 6.45) is 4.14. The Hall–Kier alpha value is -1.37. The molecule has 1 aromatic carbocycles. The van der Waals surface area contributed by atoms with E-state index in [0.29, 0.717) is 0 Å². The highest BCUT2D eigenvalue weighted by atomic mass is 16.1. The molecule has 0 aromatic heterocycles. The SMILES string of the molecule is CC(=O)c1ccccc1/C=C/C(C)(C)C. The molecule has 0 aliphatic heterocycles. The van der Waals surface area contributed by atoms with Gasteiger partial charge in [0.25, 0.3) is 0 Å². The Morgan fingerprint density at radius 3 is 2.33 bits per heavy atom. The van der Waals surface area contributed by atoms with Gasteiger partial charge in [0.05, 0.1) is 0 Å². The summed E-state index contributed by atoms with van der Waals surface area (Å²) >= 11 is 0. The molecule has 0 radical (unpaired) electrons. The molecule has 0 heterocycles. The van der Waals surface area contributed by atoms with E-state index >= 15 is 0 Å². The van der Waals surface area contributed by atoms with Crippen LogP contribution in [-0.2, 0) is 0 Å². The number of hydrogen-bond donors (Lipinski definition) is 0. The standard InChI is InChI=1S/C14H18O/c1-11(15)13-8-6-5-7-12(13)9-10-14(2,3)4/h5-10H,1-4H3/b10-9+. The lowest BCUT2D eigenvalue weighted by atomic mass is 9.94. The number of rotatable bonds is 2. The zero-order valence-corrected chi connectivity index (χ0v) is 9.87. The summed E-state index contributed by atoms with van der Waals surface area (Å²) in [7, 11) is 0. The first-order valence-electron chi connectivity index (χ1n) is 5.19. The van der Waals surface area contributed by atoms with Crippen molar-refractivity contribution in [2.24, 2.45) is 5.41 Å². The molecule has 0 saturated heterocycles. The lowest BCUT2D eigenvalue weighted by Crippen LogP contribution is -2.00. The van der Waals surface area contributed by atoms with Crippen molar-refractivity contribution in [1.82, 2.24) is 0 Å². The molecule has 1 aromatic rings. The molecule has 15 heavy (non-hydrogen) atoms. The molecule has 0 fully saturated rings. The summed E-state index contributed by atoms with van der Waals surface area (Å²) in [6, 6.07) is 7.68. The van der Waals surface area contributed by atoms with Gasteiger partial charge in [-0.05, 0) is 17.9 Å². The third-order valence-electron chi connectivity index (χ3n) is 2.10. The van der Waals surface area contributed by atoms with E-state index < -0.39 is 0 Å². The van der Waals surface area contributed by atoms with Gasteiger partial charge < -0.3 is 0 Å². The minimum absolute atomic E-state index is 0.115. The van der Waals surface area contributed by atoms with E-state index in [1.807, 2.05) is 30.3 Å². The fourth-order valence-electron chi connectivity index (χ4n) is 1.30. The van der Waals surface area contributed by atoms with Crippen LogP contribution in [0.4, 0.5) is 0 Å². The minimum atomic E-state index is 0.115. The van der Waals surface area contributed by atoms with E-state index in [0.717, 1.165) is 11.1 Å². The molecular weight excluding hydrogens is 184 g/mol. The summed E-state index contributed by atoms with van der Waals surface area (Å²) in [6.45, 7) is 8.02. The lowest BCUT2D eigenvalue weighted by Gasteiger charge is -2.11. The van der Waals surface area contributed by atoms with Gasteiger partial charge in [0.15, 0.2) is 5.78 Å².